The summed E-state index contributed by atoms with van der Waals surface area (Å²) in [4.78, 5) is 43.3. The Kier molecular flexibility index (Phi) is 22.9. The number of hydrogen-bond donors (Lipinski definition) is 8. The number of hydrogen-bond acceptors (Lipinski definition) is 10. The van der Waals surface area contributed by atoms with E-state index in [1.165, 1.54) is 24.1 Å². The molecule has 0 heterocycles. The molecule has 14 N–H and O–H groups in total. The van der Waals surface area contributed by atoms with Gasteiger partial charge in [-0.3, -0.25) is 30.0 Å². The van der Waals surface area contributed by atoms with Gasteiger partial charge in [-0.1, -0.05) is 0 Å². The molecular weight excluding hydrogens is 440 g/mol. The Morgan fingerprint density at radius 2 is 1.06 bits per heavy atom. The molecule has 0 rings (SSSR count). The van der Waals surface area contributed by atoms with Crippen molar-refractivity contribution in [2.75, 3.05) is 40.3 Å². The zero-order chi connectivity index (χ0) is 25.1. The van der Waals surface area contributed by atoms with Crippen molar-refractivity contribution < 1.29 is 34.9 Å². The molecule has 33 heavy (non-hydrogen) atoms. The van der Waals surface area contributed by atoms with E-state index in [1.807, 2.05) is 0 Å². The zero-order valence-corrected chi connectivity index (χ0v) is 19.5. The number of hydrazine groups is 2. The van der Waals surface area contributed by atoms with Crippen molar-refractivity contribution in [2.24, 2.45) is 22.9 Å². The van der Waals surface area contributed by atoms with Crippen LogP contribution in [0.2, 0.25) is 0 Å². The van der Waals surface area contributed by atoms with E-state index in [1.54, 1.807) is 0 Å². The van der Waals surface area contributed by atoms with Crippen LogP contribution in [-0.2, 0) is 19.2 Å². The van der Waals surface area contributed by atoms with Gasteiger partial charge < -0.3 is 38.6 Å². The molecule has 2 atom stereocenters. The van der Waals surface area contributed by atoms with Crippen LogP contribution in [0.15, 0.2) is 0 Å². The van der Waals surface area contributed by atoms with Gasteiger partial charge in [0.15, 0.2) is 0 Å². The first-order valence-electron chi connectivity index (χ1n) is 10.3. The Balaban J connectivity index is -0.000000529. The number of nitrogens with two attached hydrogens (primary N) is 4. The van der Waals surface area contributed by atoms with Gasteiger partial charge in [-0.2, -0.15) is 0 Å². The number of carbonyl (C=O) groups excluding carboxylic acids is 2. The molecule has 0 fully saturated rings. The standard InChI is InChI=1S/2C9H20N4O3.H2O/c2*1-13(6-9(15)16)12-8(14)5-7(11)3-2-4-10;/h2*7H,2-6,10-11H2,1H3,(H,12,14)(H,15,16);1H2/t2*7-;/m00./s1. The highest BCUT2D eigenvalue weighted by Crippen LogP contribution is 1.98. The minimum Gasteiger partial charge on any atom is -0.480 e. The van der Waals surface area contributed by atoms with Gasteiger partial charge >= 0.3 is 11.9 Å². The molecule has 0 aliphatic rings. The van der Waals surface area contributed by atoms with Crippen LogP contribution in [-0.4, -0.2) is 102 Å². The molecule has 0 bridgehead atoms. The summed E-state index contributed by atoms with van der Waals surface area (Å²) in [5, 5.41) is 19.3. The van der Waals surface area contributed by atoms with Gasteiger partial charge in [0, 0.05) is 39.0 Å². The fourth-order valence-electron chi connectivity index (χ4n) is 2.44. The van der Waals surface area contributed by atoms with Crippen molar-refractivity contribution in [1.29, 1.82) is 0 Å². The molecule has 0 aromatic rings. The topological polar surface area (TPSA) is 275 Å². The highest BCUT2D eigenvalue weighted by Gasteiger charge is 2.13. The van der Waals surface area contributed by atoms with Gasteiger partial charge in [0.2, 0.25) is 11.8 Å². The second-order valence-corrected chi connectivity index (χ2v) is 7.36. The van der Waals surface area contributed by atoms with Crippen molar-refractivity contribution in [1.82, 2.24) is 20.9 Å². The lowest BCUT2D eigenvalue weighted by molar-refractivity contribution is -0.141. The molecule has 0 saturated carbocycles. The van der Waals surface area contributed by atoms with Gasteiger partial charge in [0.1, 0.15) is 13.1 Å². The average molecular weight is 483 g/mol. The fourth-order valence-corrected chi connectivity index (χ4v) is 2.44. The van der Waals surface area contributed by atoms with Crippen LogP contribution >= 0.6 is 0 Å². The summed E-state index contributed by atoms with van der Waals surface area (Å²) in [5.41, 5.74) is 26.8. The SMILES string of the molecule is CN(CC(=O)O)NC(=O)C[C@@H](N)CCCN.CN(CC(=O)O)NC(=O)C[C@@H](N)CCCN.O. The van der Waals surface area contributed by atoms with Crippen LogP contribution in [0.1, 0.15) is 38.5 Å². The number of likely N-dealkylation sites (N-methyl/N-ethyl adjacent to an activating group) is 2. The predicted octanol–water partition coefficient (Wildman–Crippen LogP) is -3.84. The number of amides is 2. The fraction of sp³-hybridized carbons (Fsp3) is 0.778. The first kappa shape index (κ1) is 35.2. The minimum absolute atomic E-state index is 0. The largest absolute Gasteiger partial charge is 0.480 e. The summed E-state index contributed by atoms with van der Waals surface area (Å²) in [6.07, 6.45) is 3.27. The molecule has 0 saturated heterocycles. The van der Waals surface area contributed by atoms with E-state index in [9.17, 15) is 19.2 Å². The quantitative estimate of drug-likeness (QED) is 0.0981. The van der Waals surface area contributed by atoms with E-state index in [2.05, 4.69) is 10.9 Å². The summed E-state index contributed by atoms with van der Waals surface area (Å²) in [6, 6.07) is -0.469. The van der Waals surface area contributed by atoms with Crippen LogP contribution in [0, 0.1) is 0 Å². The predicted molar refractivity (Wildman–Crippen MR) is 122 cm³/mol. The molecule has 0 spiro atoms. The number of carboxylic acids is 2. The Morgan fingerprint density at radius 1 is 0.758 bits per heavy atom. The van der Waals surface area contributed by atoms with Crippen LogP contribution < -0.4 is 33.8 Å². The summed E-state index contributed by atoms with van der Waals surface area (Å²) >= 11 is 0. The molecule has 0 aromatic heterocycles. The van der Waals surface area contributed by atoms with Gasteiger partial charge in [-0.25, -0.2) is 10.0 Å². The van der Waals surface area contributed by atoms with Crippen molar-refractivity contribution in [3.8, 4) is 0 Å². The molecule has 0 radical (unpaired) electrons. The molecule has 196 valence electrons. The van der Waals surface area contributed by atoms with Crippen LogP contribution in [0.4, 0.5) is 0 Å². The van der Waals surface area contributed by atoms with E-state index in [4.69, 9.17) is 33.1 Å². The monoisotopic (exact) mass is 482 g/mol. The third-order valence-corrected chi connectivity index (χ3v) is 3.83. The Labute approximate surface area is 194 Å². The first-order chi connectivity index (χ1) is 14.9. The normalized spacial score (nSPS) is 12.1. The van der Waals surface area contributed by atoms with Gasteiger partial charge in [0.05, 0.1) is 0 Å². The minimum atomic E-state index is -1.00. The summed E-state index contributed by atoms with van der Waals surface area (Å²) < 4.78 is 0. The van der Waals surface area contributed by atoms with Crippen LogP contribution in [0.25, 0.3) is 0 Å². The van der Waals surface area contributed by atoms with Gasteiger partial charge in [-0.05, 0) is 38.8 Å². The molecular formula is C18H42N8O7. The maximum Gasteiger partial charge on any atom is 0.319 e. The van der Waals surface area contributed by atoms with E-state index in [0.29, 0.717) is 25.9 Å². The lowest BCUT2D eigenvalue weighted by Gasteiger charge is -2.17. The van der Waals surface area contributed by atoms with E-state index in [0.717, 1.165) is 12.8 Å². The number of nitrogens with one attached hydrogen (secondary N) is 2. The Bertz CT molecular complexity index is 520. The number of aliphatic carboxylic acids is 2. The lowest BCUT2D eigenvalue weighted by atomic mass is 10.1. The van der Waals surface area contributed by atoms with Gasteiger partial charge in [0.25, 0.3) is 0 Å². The molecule has 0 aliphatic carbocycles. The molecule has 0 unspecified atom stereocenters. The van der Waals surface area contributed by atoms with Crippen LogP contribution in [0.3, 0.4) is 0 Å². The third-order valence-electron chi connectivity index (χ3n) is 3.83. The van der Waals surface area contributed by atoms with Crippen molar-refractivity contribution in [2.45, 2.75) is 50.6 Å². The van der Waals surface area contributed by atoms with Crippen molar-refractivity contribution in [3.05, 3.63) is 0 Å². The highest BCUT2D eigenvalue weighted by atomic mass is 16.4. The van der Waals surface area contributed by atoms with Gasteiger partial charge in [-0.15, -0.1) is 0 Å². The number of rotatable bonds is 16. The number of carbonyl (C=O) groups is 4. The first-order valence-corrected chi connectivity index (χ1v) is 10.3. The molecule has 0 aliphatic heterocycles. The maximum absolute atomic E-state index is 11.4. The summed E-state index contributed by atoms with van der Waals surface area (Å²) in [6.45, 7) is 0.607. The smallest absolute Gasteiger partial charge is 0.319 e. The van der Waals surface area contributed by atoms with Crippen LogP contribution in [0.5, 0.6) is 0 Å². The molecule has 0 aromatic carbocycles. The second-order valence-electron chi connectivity index (χ2n) is 7.36. The Morgan fingerprint density at radius 3 is 1.30 bits per heavy atom. The average Bonchev–Trinajstić information content (AvgIpc) is 2.63. The second kappa shape index (κ2) is 21.4. The molecule has 15 nitrogen and oxygen atoms in total. The van der Waals surface area contributed by atoms with E-state index >= 15 is 0 Å². The van der Waals surface area contributed by atoms with Crippen molar-refractivity contribution in [3.63, 3.8) is 0 Å². The third kappa shape index (κ3) is 25.7. The number of carboxylic acid groups (broad SMARTS) is 2. The van der Waals surface area contributed by atoms with Crippen molar-refractivity contribution >= 4 is 23.8 Å². The lowest BCUT2D eigenvalue weighted by Crippen LogP contribution is -2.44. The maximum atomic E-state index is 11.4. The highest BCUT2D eigenvalue weighted by molar-refractivity contribution is 5.77. The summed E-state index contributed by atoms with van der Waals surface area (Å²) in [5.74, 6) is -2.58. The van der Waals surface area contributed by atoms with E-state index in [-0.39, 0.29) is 55.3 Å². The number of nitrogens with zero attached hydrogens (tertiary/aromatic N) is 2. The van der Waals surface area contributed by atoms with E-state index < -0.39 is 11.9 Å². The molecule has 2 amide bonds. The Hall–Kier alpha value is -2.40. The zero-order valence-electron chi connectivity index (χ0n) is 19.5. The summed E-state index contributed by atoms with van der Waals surface area (Å²) in [7, 11) is 2.97. The molecule has 15 heteroatoms.